The van der Waals surface area contributed by atoms with E-state index in [0.717, 1.165) is 50.3 Å². The number of ether oxygens (including phenoxy) is 1. The summed E-state index contributed by atoms with van der Waals surface area (Å²) in [5, 5.41) is 3.65. The molecule has 4 heteroatoms. The molecule has 1 fully saturated rings. The van der Waals surface area contributed by atoms with Crippen molar-refractivity contribution in [1.82, 2.24) is 10.2 Å². The second-order valence-corrected chi connectivity index (χ2v) is 5.84. The van der Waals surface area contributed by atoms with Crippen LogP contribution in [0.4, 0.5) is 0 Å². The van der Waals surface area contributed by atoms with Crippen LogP contribution in [0.25, 0.3) is 0 Å². The summed E-state index contributed by atoms with van der Waals surface area (Å²) in [6.45, 7) is 8.26. The molecule has 1 N–H and O–H groups in total. The molecular weight excluding hydrogens is 304 g/mol. The normalized spacial score (nSPS) is 18.4. The lowest BCUT2D eigenvalue weighted by Crippen LogP contribution is -2.40. The highest BCUT2D eigenvalue weighted by molar-refractivity contribution is 9.10. The predicted octanol–water partition coefficient (Wildman–Crippen LogP) is 2.82. The Hall–Kier alpha value is -0.420. The van der Waals surface area contributed by atoms with Crippen molar-refractivity contribution < 1.29 is 4.74 Å². The van der Waals surface area contributed by atoms with E-state index in [0.29, 0.717) is 6.04 Å². The molecule has 106 valence electrons. The van der Waals surface area contributed by atoms with Crippen LogP contribution in [-0.2, 0) is 4.74 Å². The van der Waals surface area contributed by atoms with Crippen molar-refractivity contribution in [1.29, 1.82) is 0 Å². The first-order valence-electron chi connectivity index (χ1n) is 7.08. The Kier molecular flexibility index (Phi) is 6.31. The first kappa shape index (κ1) is 15.0. The molecule has 1 aliphatic rings. The van der Waals surface area contributed by atoms with Gasteiger partial charge in [0.25, 0.3) is 0 Å². The summed E-state index contributed by atoms with van der Waals surface area (Å²) in [6.07, 6.45) is 1.12. The standard InChI is InChI=1S/C15H23BrN2O/c1-2-15(13-3-5-14(16)6-4-13)17-7-8-18-9-11-19-12-10-18/h3-6,15,17H,2,7-12H2,1H3. The lowest BCUT2D eigenvalue weighted by atomic mass is 10.0. The maximum absolute atomic E-state index is 5.36. The van der Waals surface area contributed by atoms with Crippen molar-refractivity contribution in [2.24, 2.45) is 0 Å². The molecule has 0 radical (unpaired) electrons. The van der Waals surface area contributed by atoms with Gasteiger partial charge < -0.3 is 10.1 Å². The topological polar surface area (TPSA) is 24.5 Å². The fourth-order valence-corrected chi connectivity index (χ4v) is 2.68. The van der Waals surface area contributed by atoms with Crippen LogP contribution >= 0.6 is 15.9 Å². The summed E-state index contributed by atoms with van der Waals surface area (Å²) in [7, 11) is 0. The van der Waals surface area contributed by atoms with Gasteiger partial charge in [-0.2, -0.15) is 0 Å². The Labute approximate surface area is 124 Å². The van der Waals surface area contributed by atoms with Crippen molar-refractivity contribution in [2.75, 3.05) is 39.4 Å². The largest absolute Gasteiger partial charge is 0.379 e. The van der Waals surface area contributed by atoms with Crippen LogP contribution in [0.1, 0.15) is 24.9 Å². The van der Waals surface area contributed by atoms with Gasteiger partial charge in [-0.1, -0.05) is 35.0 Å². The van der Waals surface area contributed by atoms with Crippen LogP contribution in [0, 0.1) is 0 Å². The zero-order chi connectivity index (χ0) is 13.5. The Bertz CT molecular complexity index is 363. The highest BCUT2D eigenvalue weighted by Gasteiger charge is 2.12. The minimum Gasteiger partial charge on any atom is -0.379 e. The van der Waals surface area contributed by atoms with Gasteiger partial charge in [0.2, 0.25) is 0 Å². The maximum atomic E-state index is 5.36. The molecular formula is C15H23BrN2O. The number of halogens is 1. The van der Waals surface area contributed by atoms with E-state index in [9.17, 15) is 0 Å². The summed E-state index contributed by atoms with van der Waals surface area (Å²) >= 11 is 3.48. The average Bonchev–Trinajstić information content (AvgIpc) is 2.46. The van der Waals surface area contributed by atoms with Crippen molar-refractivity contribution in [3.63, 3.8) is 0 Å². The number of hydrogen-bond acceptors (Lipinski definition) is 3. The van der Waals surface area contributed by atoms with Crippen molar-refractivity contribution in [3.05, 3.63) is 34.3 Å². The third-order valence-electron chi connectivity index (χ3n) is 3.60. The minimum absolute atomic E-state index is 0.453. The zero-order valence-corrected chi connectivity index (χ0v) is 13.2. The smallest absolute Gasteiger partial charge is 0.0594 e. The molecule has 1 heterocycles. The Morgan fingerprint density at radius 1 is 1.26 bits per heavy atom. The molecule has 3 nitrogen and oxygen atoms in total. The van der Waals surface area contributed by atoms with Gasteiger partial charge in [0.1, 0.15) is 0 Å². The van der Waals surface area contributed by atoms with E-state index in [4.69, 9.17) is 4.74 Å². The first-order chi connectivity index (χ1) is 9.29. The summed E-state index contributed by atoms with van der Waals surface area (Å²) < 4.78 is 6.50. The van der Waals surface area contributed by atoms with Crippen LogP contribution in [-0.4, -0.2) is 44.3 Å². The zero-order valence-electron chi connectivity index (χ0n) is 11.6. The van der Waals surface area contributed by atoms with Crippen molar-refractivity contribution in [2.45, 2.75) is 19.4 Å². The van der Waals surface area contributed by atoms with Gasteiger partial charge in [-0.3, -0.25) is 4.90 Å². The van der Waals surface area contributed by atoms with Gasteiger partial charge in [0.15, 0.2) is 0 Å². The van der Waals surface area contributed by atoms with E-state index < -0.39 is 0 Å². The Balaban J connectivity index is 1.77. The SMILES string of the molecule is CCC(NCCN1CCOCC1)c1ccc(Br)cc1. The summed E-state index contributed by atoms with van der Waals surface area (Å²) in [4.78, 5) is 2.46. The number of nitrogens with zero attached hydrogens (tertiary/aromatic N) is 1. The van der Waals surface area contributed by atoms with E-state index in [1.807, 2.05) is 0 Å². The molecule has 1 atom stereocenters. The molecule has 1 saturated heterocycles. The molecule has 0 aliphatic carbocycles. The van der Waals surface area contributed by atoms with Crippen molar-refractivity contribution in [3.8, 4) is 0 Å². The summed E-state index contributed by atoms with van der Waals surface area (Å²) in [6, 6.07) is 9.07. The Morgan fingerprint density at radius 2 is 1.95 bits per heavy atom. The molecule has 2 rings (SSSR count). The lowest BCUT2D eigenvalue weighted by Gasteiger charge is -2.27. The number of rotatable bonds is 6. The molecule has 1 aromatic rings. The molecule has 0 saturated carbocycles. The lowest BCUT2D eigenvalue weighted by molar-refractivity contribution is 0.0381. The minimum atomic E-state index is 0.453. The second-order valence-electron chi connectivity index (χ2n) is 4.92. The van der Waals surface area contributed by atoms with E-state index in [1.54, 1.807) is 0 Å². The first-order valence-corrected chi connectivity index (χ1v) is 7.88. The third kappa shape index (κ3) is 4.88. The molecule has 0 spiro atoms. The van der Waals surface area contributed by atoms with Gasteiger partial charge in [-0.25, -0.2) is 0 Å². The summed E-state index contributed by atoms with van der Waals surface area (Å²) in [5.41, 5.74) is 1.37. The van der Waals surface area contributed by atoms with Gasteiger partial charge in [-0.15, -0.1) is 0 Å². The molecule has 0 amide bonds. The van der Waals surface area contributed by atoms with E-state index in [-0.39, 0.29) is 0 Å². The second kappa shape index (κ2) is 8.00. The van der Waals surface area contributed by atoms with Gasteiger partial charge in [0.05, 0.1) is 13.2 Å². The van der Waals surface area contributed by atoms with Gasteiger partial charge >= 0.3 is 0 Å². The molecule has 1 aliphatic heterocycles. The van der Waals surface area contributed by atoms with E-state index >= 15 is 0 Å². The molecule has 1 unspecified atom stereocenters. The van der Waals surface area contributed by atoms with Crippen LogP contribution in [0.5, 0.6) is 0 Å². The number of hydrogen-bond donors (Lipinski definition) is 1. The number of morpholine rings is 1. The average molecular weight is 327 g/mol. The fourth-order valence-electron chi connectivity index (χ4n) is 2.41. The van der Waals surface area contributed by atoms with Crippen LogP contribution in [0.15, 0.2) is 28.7 Å². The fraction of sp³-hybridized carbons (Fsp3) is 0.600. The highest BCUT2D eigenvalue weighted by Crippen LogP contribution is 2.19. The Morgan fingerprint density at radius 3 is 2.58 bits per heavy atom. The van der Waals surface area contributed by atoms with Gasteiger partial charge in [0, 0.05) is 36.7 Å². The maximum Gasteiger partial charge on any atom is 0.0594 e. The van der Waals surface area contributed by atoms with Crippen LogP contribution in [0.3, 0.4) is 0 Å². The van der Waals surface area contributed by atoms with Crippen LogP contribution < -0.4 is 5.32 Å². The van der Waals surface area contributed by atoms with Crippen molar-refractivity contribution >= 4 is 15.9 Å². The monoisotopic (exact) mass is 326 g/mol. The molecule has 1 aromatic carbocycles. The quantitative estimate of drug-likeness (QED) is 0.870. The van der Waals surface area contributed by atoms with Crippen LogP contribution in [0.2, 0.25) is 0 Å². The van der Waals surface area contributed by atoms with E-state index in [1.165, 1.54) is 5.56 Å². The highest BCUT2D eigenvalue weighted by atomic mass is 79.9. The summed E-state index contributed by atoms with van der Waals surface area (Å²) in [5.74, 6) is 0. The molecule has 0 bridgehead atoms. The molecule has 19 heavy (non-hydrogen) atoms. The predicted molar refractivity (Wildman–Crippen MR) is 82.4 cm³/mol. The number of nitrogens with one attached hydrogen (secondary N) is 1. The van der Waals surface area contributed by atoms with Gasteiger partial charge in [-0.05, 0) is 24.1 Å². The molecule has 0 aromatic heterocycles. The number of benzene rings is 1. The third-order valence-corrected chi connectivity index (χ3v) is 4.13. The van der Waals surface area contributed by atoms with E-state index in [2.05, 4.69) is 57.3 Å².